The molecule has 1 amide bonds. The van der Waals surface area contributed by atoms with Crippen LogP contribution in [0.4, 0.5) is 5.82 Å². The van der Waals surface area contributed by atoms with Crippen LogP contribution in [0.15, 0.2) is 18.2 Å². The molecule has 0 aliphatic carbocycles. The number of pyridine rings is 1. The minimum atomic E-state index is -0.419. The van der Waals surface area contributed by atoms with Gasteiger partial charge in [0.05, 0.1) is 0 Å². The molecule has 104 valence electrons. The normalized spacial score (nSPS) is 20.1. The van der Waals surface area contributed by atoms with Gasteiger partial charge in [0.1, 0.15) is 11.0 Å². The van der Waals surface area contributed by atoms with Gasteiger partial charge in [-0.15, -0.1) is 0 Å². The predicted molar refractivity (Wildman–Crippen MR) is 77.3 cm³/mol. The fourth-order valence-corrected chi connectivity index (χ4v) is 2.57. The molecular weight excluding hydrogens is 262 g/mol. The lowest BCUT2D eigenvalue weighted by Crippen LogP contribution is -2.44. The number of nitrogens with zero attached hydrogens (tertiary/aromatic N) is 1. The Hall–Kier alpha value is -1.13. The molecule has 4 nitrogen and oxygen atoms in total. The third kappa shape index (κ3) is 3.45. The number of anilines is 1. The Morgan fingerprint density at radius 1 is 1.53 bits per heavy atom. The van der Waals surface area contributed by atoms with Crippen molar-refractivity contribution in [2.24, 2.45) is 11.3 Å². The molecule has 0 aromatic carbocycles. The number of carbonyl (C=O) groups excluding carboxylic acids is 1. The van der Waals surface area contributed by atoms with Crippen molar-refractivity contribution in [2.75, 3.05) is 18.4 Å². The summed E-state index contributed by atoms with van der Waals surface area (Å²) in [6.45, 7) is 5.92. The Bertz CT molecular complexity index is 456. The number of amides is 1. The average molecular weight is 282 g/mol. The molecule has 1 aliphatic rings. The van der Waals surface area contributed by atoms with Crippen molar-refractivity contribution in [3.8, 4) is 0 Å². The van der Waals surface area contributed by atoms with E-state index in [0.29, 0.717) is 16.9 Å². The zero-order chi connectivity index (χ0) is 13.9. The number of carbonyl (C=O) groups is 1. The van der Waals surface area contributed by atoms with Crippen LogP contribution < -0.4 is 10.6 Å². The predicted octanol–water partition coefficient (Wildman–Crippen LogP) is 2.70. The number of aromatic nitrogens is 1. The number of halogens is 1. The van der Waals surface area contributed by atoms with Gasteiger partial charge in [-0.1, -0.05) is 31.5 Å². The molecule has 2 heterocycles. The first-order valence-corrected chi connectivity index (χ1v) is 7.02. The summed E-state index contributed by atoms with van der Waals surface area (Å²) in [7, 11) is 0. The largest absolute Gasteiger partial charge is 0.316 e. The highest BCUT2D eigenvalue weighted by molar-refractivity contribution is 6.29. The Kier molecular flexibility index (Phi) is 4.42. The van der Waals surface area contributed by atoms with Gasteiger partial charge in [0.2, 0.25) is 5.91 Å². The number of hydrogen-bond acceptors (Lipinski definition) is 3. The molecule has 5 heteroatoms. The van der Waals surface area contributed by atoms with Crippen molar-refractivity contribution < 1.29 is 4.79 Å². The van der Waals surface area contributed by atoms with Gasteiger partial charge in [0.15, 0.2) is 0 Å². The Labute approximate surface area is 118 Å². The maximum absolute atomic E-state index is 12.4. The molecule has 1 aliphatic heterocycles. The summed E-state index contributed by atoms with van der Waals surface area (Å²) in [5.74, 6) is 0.853. The summed E-state index contributed by atoms with van der Waals surface area (Å²) < 4.78 is 0. The summed E-state index contributed by atoms with van der Waals surface area (Å²) in [4.78, 5) is 16.5. The second kappa shape index (κ2) is 5.88. The molecule has 1 atom stereocenters. The second-order valence-corrected chi connectivity index (χ2v) is 5.95. The van der Waals surface area contributed by atoms with Gasteiger partial charge in [-0.3, -0.25) is 4.79 Å². The number of rotatable bonds is 3. The quantitative estimate of drug-likeness (QED) is 0.838. The van der Waals surface area contributed by atoms with E-state index in [2.05, 4.69) is 15.6 Å². The number of hydrogen-bond donors (Lipinski definition) is 2. The number of piperidine rings is 1. The van der Waals surface area contributed by atoms with Crippen molar-refractivity contribution in [2.45, 2.75) is 26.7 Å². The molecule has 1 aromatic heterocycles. The van der Waals surface area contributed by atoms with E-state index < -0.39 is 5.41 Å². The smallest absolute Gasteiger partial charge is 0.231 e. The van der Waals surface area contributed by atoms with Crippen molar-refractivity contribution >= 4 is 23.3 Å². The van der Waals surface area contributed by atoms with E-state index in [1.165, 1.54) is 0 Å². The van der Waals surface area contributed by atoms with E-state index in [9.17, 15) is 4.79 Å². The van der Waals surface area contributed by atoms with Crippen LogP contribution >= 0.6 is 11.6 Å². The minimum absolute atomic E-state index is 0.00373. The first-order chi connectivity index (χ1) is 9.00. The molecule has 1 fully saturated rings. The SMILES string of the molecule is CC(C)(C(=O)Nc1cccc(Cl)n1)C1CCCNC1. The molecule has 2 rings (SSSR count). The maximum Gasteiger partial charge on any atom is 0.231 e. The van der Waals surface area contributed by atoms with Gasteiger partial charge in [-0.25, -0.2) is 4.98 Å². The van der Waals surface area contributed by atoms with E-state index in [0.717, 1.165) is 25.9 Å². The summed E-state index contributed by atoms with van der Waals surface area (Å²) in [5, 5.41) is 6.59. The lowest BCUT2D eigenvalue weighted by atomic mass is 9.74. The zero-order valence-electron chi connectivity index (χ0n) is 11.4. The van der Waals surface area contributed by atoms with Crippen molar-refractivity contribution in [3.63, 3.8) is 0 Å². The average Bonchev–Trinajstić information content (AvgIpc) is 2.39. The van der Waals surface area contributed by atoms with Crippen LogP contribution in [0.25, 0.3) is 0 Å². The molecule has 1 saturated heterocycles. The van der Waals surface area contributed by atoms with Crippen molar-refractivity contribution in [1.82, 2.24) is 10.3 Å². The van der Waals surface area contributed by atoms with Crippen LogP contribution in [-0.2, 0) is 4.79 Å². The van der Waals surface area contributed by atoms with E-state index >= 15 is 0 Å². The zero-order valence-corrected chi connectivity index (χ0v) is 12.1. The second-order valence-electron chi connectivity index (χ2n) is 5.56. The Balaban J connectivity index is 2.05. The monoisotopic (exact) mass is 281 g/mol. The Morgan fingerprint density at radius 3 is 2.95 bits per heavy atom. The topological polar surface area (TPSA) is 54.0 Å². The van der Waals surface area contributed by atoms with Gasteiger partial charge in [-0.05, 0) is 44.0 Å². The molecule has 1 unspecified atom stereocenters. The third-order valence-corrected chi connectivity index (χ3v) is 4.07. The molecule has 1 aromatic rings. The van der Waals surface area contributed by atoms with Crippen LogP contribution in [0.3, 0.4) is 0 Å². The summed E-state index contributed by atoms with van der Waals surface area (Å²) in [6, 6.07) is 5.21. The first-order valence-electron chi connectivity index (χ1n) is 6.65. The standard InChI is InChI=1S/C14H20ClN3O/c1-14(2,10-5-4-8-16-9-10)13(19)18-12-7-3-6-11(15)17-12/h3,6-7,10,16H,4-5,8-9H2,1-2H3,(H,17,18,19). The van der Waals surface area contributed by atoms with Gasteiger partial charge >= 0.3 is 0 Å². The van der Waals surface area contributed by atoms with Crippen LogP contribution in [0.1, 0.15) is 26.7 Å². The van der Waals surface area contributed by atoms with Crippen molar-refractivity contribution in [3.05, 3.63) is 23.4 Å². The summed E-state index contributed by atoms with van der Waals surface area (Å²) >= 11 is 5.82. The summed E-state index contributed by atoms with van der Waals surface area (Å²) in [5.41, 5.74) is -0.419. The highest BCUT2D eigenvalue weighted by atomic mass is 35.5. The van der Waals surface area contributed by atoms with Crippen LogP contribution in [0.2, 0.25) is 5.15 Å². The van der Waals surface area contributed by atoms with Crippen LogP contribution in [0.5, 0.6) is 0 Å². The molecule has 0 bridgehead atoms. The highest BCUT2D eigenvalue weighted by Crippen LogP contribution is 2.32. The van der Waals surface area contributed by atoms with E-state index in [1.54, 1.807) is 18.2 Å². The minimum Gasteiger partial charge on any atom is -0.316 e. The van der Waals surface area contributed by atoms with E-state index in [4.69, 9.17) is 11.6 Å². The van der Waals surface area contributed by atoms with Gasteiger partial charge in [-0.2, -0.15) is 0 Å². The van der Waals surface area contributed by atoms with Crippen LogP contribution in [0, 0.1) is 11.3 Å². The maximum atomic E-state index is 12.4. The van der Waals surface area contributed by atoms with Gasteiger partial charge < -0.3 is 10.6 Å². The fraction of sp³-hybridized carbons (Fsp3) is 0.571. The van der Waals surface area contributed by atoms with E-state index in [-0.39, 0.29) is 5.91 Å². The van der Waals surface area contributed by atoms with Gasteiger partial charge in [0.25, 0.3) is 0 Å². The lowest BCUT2D eigenvalue weighted by Gasteiger charge is -2.35. The molecule has 19 heavy (non-hydrogen) atoms. The van der Waals surface area contributed by atoms with Gasteiger partial charge in [0, 0.05) is 5.41 Å². The van der Waals surface area contributed by atoms with E-state index in [1.807, 2.05) is 13.8 Å². The molecule has 0 radical (unpaired) electrons. The number of nitrogens with one attached hydrogen (secondary N) is 2. The molecule has 0 spiro atoms. The third-order valence-electron chi connectivity index (χ3n) is 3.86. The molecule has 2 N–H and O–H groups in total. The Morgan fingerprint density at radius 2 is 2.32 bits per heavy atom. The fourth-order valence-electron chi connectivity index (χ4n) is 2.41. The van der Waals surface area contributed by atoms with Crippen molar-refractivity contribution in [1.29, 1.82) is 0 Å². The molecule has 0 saturated carbocycles. The lowest BCUT2D eigenvalue weighted by molar-refractivity contribution is -0.127. The molecular formula is C14H20ClN3O. The summed E-state index contributed by atoms with van der Waals surface area (Å²) in [6.07, 6.45) is 2.20. The first kappa shape index (κ1) is 14.3. The van der Waals surface area contributed by atoms with Crippen LogP contribution in [-0.4, -0.2) is 24.0 Å². The highest BCUT2D eigenvalue weighted by Gasteiger charge is 2.37.